The first-order valence-corrected chi connectivity index (χ1v) is 17.3. The minimum atomic E-state index is -2.85. The molecule has 0 unspecified atom stereocenters. The zero-order valence-electron chi connectivity index (χ0n) is 16.6. The summed E-state index contributed by atoms with van der Waals surface area (Å²) in [5, 5.41) is 0. The average Bonchev–Trinajstić information content (AvgIpc) is 2.63. The van der Waals surface area contributed by atoms with Crippen LogP contribution >= 0.6 is 0 Å². The van der Waals surface area contributed by atoms with Crippen LogP contribution in [0.15, 0.2) is 36.4 Å². The van der Waals surface area contributed by atoms with Crippen molar-refractivity contribution in [3.63, 3.8) is 0 Å². The van der Waals surface area contributed by atoms with Crippen LogP contribution in [0.3, 0.4) is 0 Å². The van der Waals surface area contributed by atoms with Gasteiger partial charge in [-0.05, 0) is 0 Å². The number of carbonyl (C=O) groups excluding carboxylic acids is 1. The number of rotatable bonds is 12. The van der Waals surface area contributed by atoms with Crippen molar-refractivity contribution in [3.8, 4) is 0 Å². The molecule has 1 aromatic rings. The van der Waals surface area contributed by atoms with E-state index in [4.69, 9.17) is 3.07 Å². The molecule has 0 aliphatic heterocycles. The molecule has 0 N–H and O–H groups in total. The van der Waals surface area contributed by atoms with Gasteiger partial charge in [-0.2, -0.15) is 0 Å². The monoisotopic (exact) mass is 452 g/mol. The second-order valence-corrected chi connectivity index (χ2v) is 18.7. The molecule has 0 atom stereocenters. The molecule has 0 amide bonds. The molecule has 0 bridgehead atoms. The number of allylic oxidation sites excluding steroid dienone is 1. The molecule has 0 saturated heterocycles. The molecule has 0 heterocycles. The molecule has 0 radical (unpaired) electrons. The van der Waals surface area contributed by atoms with E-state index in [1.54, 1.807) is 6.08 Å². The first-order chi connectivity index (χ1) is 12.1. The van der Waals surface area contributed by atoms with Gasteiger partial charge >= 0.3 is 160 Å². The Kier molecular flexibility index (Phi) is 11.2. The average molecular weight is 451 g/mol. The van der Waals surface area contributed by atoms with Crippen LogP contribution in [0, 0.1) is 0 Å². The summed E-state index contributed by atoms with van der Waals surface area (Å²) in [7, 11) is 0. The predicted molar refractivity (Wildman–Crippen MR) is 111 cm³/mol. The molecule has 25 heavy (non-hydrogen) atoms. The van der Waals surface area contributed by atoms with Crippen molar-refractivity contribution in [3.05, 3.63) is 42.0 Å². The molecule has 0 aliphatic carbocycles. The van der Waals surface area contributed by atoms with Gasteiger partial charge in [0.25, 0.3) is 0 Å². The quantitative estimate of drug-likeness (QED) is 0.253. The second kappa shape index (κ2) is 12.6. The number of benzene rings is 1. The summed E-state index contributed by atoms with van der Waals surface area (Å²) in [4.78, 5) is 12.7. The van der Waals surface area contributed by atoms with E-state index in [0.29, 0.717) is 0 Å². The number of unbranched alkanes of at least 4 members (excludes halogenated alkanes) is 3. The molecule has 0 spiro atoms. The third kappa shape index (κ3) is 8.43. The van der Waals surface area contributed by atoms with Crippen LogP contribution in [-0.4, -0.2) is 24.8 Å². The molecule has 3 heteroatoms. The van der Waals surface area contributed by atoms with Crippen LogP contribution in [0.25, 0.3) is 5.57 Å². The van der Waals surface area contributed by atoms with Gasteiger partial charge in [-0.25, -0.2) is 0 Å². The SMILES string of the molecule is CCC[CH2][Sn]([CH2]CCC)([CH2]CCC)[O]C(=O)/C=C(/C)c1ccccc1. The van der Waals surface area contributed by atoms with Crippen LogP contribution in [0.5, 0.6) is 0 Å². The van der Waals surface area contributed by atoms with Gasteiger partial charge < -0.3 is 0 Å². The zero-order valence-corrected chi connectivity index (χ0v) is 19.5. The minimum absolute atomic E-state index is 0.0968. The fourth-order valence-corrected chi connectivity index (χ4v) is 16.2. The van der Waals surface area contributed by atoms with Crippen LogP contribution in [0.2, 0.25) is 13.3 Å². The predicted octanol–water partition coefficient (Wildman–Crippen LogP) is 6.98. The van der Waals surface area contributed by atoms with E-state index < -0.39 is 18.8 Å². The van der Waals surface area contributed by atoms with Crippen LogP contribution in [0.4, 0.5) is 0 Å². The van der Waals surface area contributed by atoms with Gasteiger partial charge in [0, 0.05) is 0 Å². The van der Waals surface area contributed by atoms with Crippen molar-refractivity contribution in [2.75, 3.05) is 0 Å². The Labute approximate surface area is 159 Å². The van der Waals surface area contributed by atoms with Crippen LogP contribution in [0.1, 0.15) is 71.8 Å². The normalized spacial score (nSPS) is 12.2. The van der Waals surface area contributed by atoms with Gasteiger partial charge in [0.05, 0.1) is 0 Å². The van der Waals surface area contributed by atoms with E-state index in [9.17, 15) is 4.79 Å². The summed E-state index contributed by atoms with van der Waals surface area (Å²) in [6.07, 6.45) is 8.90. The summed E-state index contributed by atoms with van der Waals surface area (Å²) in [6.45, 7) is 8.70. The Balaban J connectivity index is 2.90. The van der Waals surface area contributed by atoms with Crippen LogP contribution < -0.4 is 0 Å². The topological polar surface area (TPSA) is 26.3 Å². The first-order valence-electron chi connectivity index (χ1n) is 10.0. The van der Waals surface area contributed by atoms with Crippen molar-refractivity contribution < 1.29 is 7.87 Å². The molecular weight excluding hydrogens is 415 g/mol. The van der Waals surface area contributed by atoms with E-state index in [0.717, 1.165) is 11.1 Å². The molecular formula is C22H36O2Sn. The summed E-state index contributed by atoms with van der Waals surface area (Å²) in [6, 6.07) is 10.1. The van der Waals surface area contributed by atoms with E-state index in [2.05, 4.69) is 20.8 Å². The fraction of sp³-hybridized carbons (Fsp3) is 0.591. The Hall–Kier alpha value is -0.771. The number of carbonyl (C=O) groups is 1. The van der Waals surface area contributed by atoms with Gasteiger partial charge in [0.15, 0.2) is 0 Å². The van der Waals surface area contributed by atoms with Gasteiger partial charge in [-0.1, -0.05) is 0 Å². The Morgan fingerprint density at radius 2 is 1.40 bits per heavy atom. The van der Waals surface area contributed by atoms with Crippen molar-refractivity contribution in [1.29, 1.82) is 0 Å². The van der Waals surface area contributed by atoms with Crippen molar-refractivity contribution in [2.45, 2.75) is 79.5 Å². The van der Waals surface area contributed by atoms with Gasteiger partial charge in [0.1, 0.15) is 0 Å². The van der Waals surface area contributed by atoms with Crippen molar-refractivity contribution in [2.24, 2.45) is 0 Å². The molecule has 2 nitrogen and oxygen atoms in total. The van der Waals surface area contributed by atoms with E-state index in [1.165, 1.54) is 51.8 Å². The number of hydrogen-bond acceptors (Lipinski definition) is 2. The van der Waals surface area contributed by atoms with Gasteiger partial charge in [-0.3, -0.25) is 0 Å². The number of hydrogen-bond donors (Lipinski definition) is 0. The molecule has 0 aromatic heterocycles. The van der Waals surface area contributed by atoms with Gasteiger partial charge in [-0.15, -0.1) is 0 Å². The fourth-order valence-electron chi connectivity index (χ4n) is 3.23. The molecule has 0 aliphatic rings. The third-order valence-electron chi connectivity index (χ3n) is 4.84. The summed E-state index contributed by atoms with van der Waals surface area (Å²) in [5.41, 5.74) is 2.09. The second-order valence-electron chi connectivity index (χ2n) is 7.11. The Morgan fingerprint density at radius 1 is 0.920 bits per heavy atom. The Morgan fingerprint density at radius 3 is 1.84 bits per heavy atom. The zero-order chi connectivity index (χ0) is 18.5. The van der Waals surface area contributed by atoms with Gasteiger partial charge in [0.2, 0.25) is 0 Å². The van der Waals surface area contributed by atoms with Crippen molar-refractivity contribution >= 4 is 30.3 Å². The molecule has 140 valence electrons. The van der Waals surface area contributed by atoms with Crippen molar-refractivity contribution in [1.82, 2.24) is 0 Å². The third-order valence-corrected chi connectivity index (χ3v) is 17.5. The molecule has 0 saturated carbocycles. The molecule has 0 fully saturated rings. The summed E-state index contributed by atoms with van der Waals surface area (Å²) >= 11 is -2.85. The van der Waals surface area contributed by atoms with E-state index in [1.807, 2.05) is 37.3 Å². The Bertz CT molecular complexity index is 500. The first kappa shape index (κ1) is 22.3. The van der Waals surface area contributed by atoms with E-state index >= 15 is 0 Å². The van der Waals surface area contributed by atoms with Crippen LogP contribution in [-0.2, 0) is 7.87 Å². The summed E-state index contributed by atoms with van der Waals surface area (Å²) in [5.74, 6) is -0.0968. The molecule has 1 rings (SSSR count). The maximum atomic E-state index is 12.7. The molecule has 1 aromatic carbocycles. The standard InChI is InChI=1S/C10H10O2.3C4H9.Sn/c1-8(7-10(11)12)9-5-3-2-4-6-9;3*1-3-4-2;/h2-7H,1H3,(H,11,12);3*1,3-4H2,2H3;/q;;;;+1/p-1/b8-7-;;;;. The maximum absolute atomic E-state index is 12.7. The summed E-state index contributed by atoms with van der Waals surface area (Å²) < 4.78 is 9.90. The van der Waals surface area contributed by atoms with E-state index in [-0.39, 0.29) is 5.97 Å².